The van der Waals surface area contributed by atoms with Gasteiger partial charge in [-0.2, -0.15) is 0 Å². The van der Waals surface area contributed by atoms with Crippen LogP contribution in [0.25, 0.3) is 0 Å². The lowest BCUT2D eigenvalue weighted by Crippen LogP contribution is -2.38. The minimum absolute atomic E-state index is 0.164. The number of rotatable bonds is 5. The number of amides is 1. The molecule has 1 amide bonds. The fraction of sp³-hybridized carbons (Fsp3) is 0.667. The Labute approximate surface area is 104 Å². The first kappa shape index (κ1) is 15.7. The normalized spacial score (nSPS) is 13.4. The van der Waals surface area contributed by atoms with Crippen LogP contribution in [0.4, 0.5) is 4.79 Å². The highest BCUT2D eigenvalue weighted by atomic mass is 16.5. The molecule has 0 aliphatic heterocycles. The van der Waals surface area contributed by atoms with Crippen molar-refractivity contribution in [1.29, 1.82) is 0 Å². The zero-order valence-electron chi connectivity index (χ0n) is 11.2. The topological polar surface area (TPSA) is 46.6 Å². The molecule has 0 N–H and O–H groups in total. The van der Waals surface area contributed by atoms with E-state index in [0.717, 1.165) is 0 Å². The zero-order chi connectivity index (χ0) is 13.6. The molecular formula is C12H20BNO3. The van der Waals surface area contributed by atoms with Gasteiger partial charge in [0, 0.05) is 12.6 Å². The van der Waals surface area contributed by atoms with Gasteiger partial charge in [0.25, 0.3) is 0 Å². The maximum atomic E-state index is 11.5. The van der Waals surface area contributed by atoms with Crippen molar-refractivity contribution >= 4 is 19.6 Å². The Kier molecular flexibility index (Phi) is 6.62. The van der Waals surface area contributed by atoms with Crippen LogP contribution in [0.3, 0.4) is 0 Å². The van der Waals surface area contributed by atoms with E-state index in [-0.39, 0.29) is 17.9 Å². The Morgan fingerprint density at radius 1 is 1.41 bits per heavy atom. The molecule has 0 aromatic carbocycles. The summed E-state index contributed by atoms with van der Waals surface area (Å²) in [6.07, 6.45) is 1.72. The molecule has 0 saturated carbocycles. The fourth-order valence-electron chi connectivity index (χ4n) is 1.47. The van der Waals surface area contributed by atoms with Crippen molar-refractivity contribution in [2.75, 3.05) is 13.7 Å². The first-order valence-corrected chi connectivity index (χ1v) is 5.69. The van der Waals surface area contributed by atoms with Crippen molar-refractivity contribution in [3.63, 3.8) is 0 Å². The smallest absolute Gasteiger partial charge is 0.333 e. The second-order valence-electron chi connectivity index (χ2n) is 4.25. The summed E-state index contributed by atoms with van der Waals surface area (Å²) in [7, 11) is 6.84. The predicted octanol–water partition coefficient (Wildman–Crippen LogP) is 1.74. The third-order valence-corrected chi connectivity index (χ3v) is 2.50. The second kappa shape index (κ2) is 7.15. The molecule has 0 unspecified atom stereocenters. The zero-order valence-corrected chi connectivity index (χ0v) is 11.2. The molecule has 0 heterocycles. The molecule has 94 valence electrons. The molecular weight excluding hydrogens is 217 g/mol. The van der Waals surface area contributed by atoms with E-state index in [0.29, 0.717) is 12.2 Å². The van der Waals surface area contributed by atoms with Crippen LogP contribution < -0.4 is 0 Å². The van der Waals surface area contributed by atoms with Crippen LogP contribution in [-0.2, 0) is 9.53 Å². The van der Waals surface area contributed by atoms with E-state index in [4.69, 9.17) is 12.6 Å². The molecule has 0 aromatic rings. The lowest BCUT2D eigenvalue weighted by Gasteiger charge is -2.28. The van der Waals surface area contributed by atoms with E-state index in [1.807, 2.05) is 13.8 Å². The number of nitrogens with zero attached hydrogens (tertiary/aromatic N) is 1. The summed E-state index contributed by atoms with van der Waals surface area (Å²) >= 11 is 0. The van der Waals surface area contributed by atoms with Gasteiger partial charge in [0.2, 0.25) is 7.85 Å². The lowest BCUT2D eigenvalue weighted by atomic mass is 9.97. The third-order valence-electron chi connectivity index (χ3n) is 2.50. The summed E-state index contributed by atoms with van der Waals surface area (Å²) in [5.41, 5.74) is 0.485. The molecule has 0 spiro atoms. The Hall–Kier alpha value is -1.26. The molecule has 0 saturated heterocycles. The van der Waals surface area contributed by atoms with Gasteiger partial charge < -0.3 is 9.64 Å². The van der Waals surface area contributed by atoms with Crippen molar-refractivity contribution in [3.8, 4) is 0 Å². The predicted molar refractivity (Wildman–Crippen MR) is 67.9 cm³/mol. The van der Waals surface area contributed by atoms with Crippen molar-refractivity contribution in [3.05, 3.63) is 11.6 Å². The number of ether oxygens (including phenoxy) is 1. The summed E-state index contributed by atoms with van der Waals surface area (Å²) in [6.45, 7) is 7.67. The number of hydrogen-bond donors (Lipinski definition) is 0. The first-order valence-electron chi connectivity index (χ1n) is 5.69. The van der Waals surface area contributed by atoms with Gasteiger partial charge in [0.1, 0.15) is 0 Å². The van der Waals surface area contributed by atoms with Gasteiger partial charge in [0.15, 0.2) is 5.81 Å². The quantitative estimate of drug-likeness (QED) is 0.415. The number of hydrogen-bond acceptors (Lipinski definition) is 3. The van der Waals surface area contributed by atoms with Crippen LogP contribution in [0, 0.1) is 5.92 Å². The highest BCUT2D eigenvalue weighted by Crippen LogP contribution is 2.13. The molecule has 0 aliphatic rings. The third kappa shape index (κ3) is 5.07. The van der Waals surface area contributed by atoms with Crippen molar-refractivity contribution in [1.82, 2.24) is 4.90 Å². The van der Waals surface area contributed by atoms with E-state index in [1.165, 1.54) is 4.90 Å². The highest BCUT2D eigenvalue weighted by Gasteiger charge is 2.19. The Bertz CT molecular complexity index is 313. The molecule has 0 rings (SSSR count). The van der Waals surface area contributed by atoms with Crippen molar-refractivity contribution < 1.29 is 14.3 Å². The Morgan fingerprint density at radius 3 is 2.29 bits per heavy atom. The van der Waals surface area contributed by atoms with Crippen LogP contribution in [0.1, 0.15) is 27.7 Å². The van der Waals surface area contributed by atoms with E-state index in [1.54, 1.807) is 27.0 Å². The van der Waals surface area contributed by atoms with Crippen LogP contribution in [0.15, 0.2) is 11.6 Å². The average Bonchev–Trinajstić information content (AvgIpc) is 2.24. The van der Waals surface area contributed by atoms with E-state index < -0.39 is 5.81 Å². The van der Waals surface area contributed by atoms with E-state index >= 15 is 0 Å². The molecule has 5 heteroatoms. The Morgan fingerprint density at radius 2 is 1.94 bits per heavy atom. The number of esters is 1. The van der Waals surface area contributed by atoms with Crippen molar-refractivity contribution in [2.45, 2.75) is 33.7 Å². The summed E-state index contributed by atoms with van der Waals surface area (Å²) in [5, 5.41) is 0. The lowest BCUT2D eigenvalue weighted by molar-refractivity contribution is -0.138. The Balaban J connectivity index is 4.91. The van der Waals surface area contributed by atoms with E-state index in [2.05, 4.69) is 0 Å². The largest absolute Gasteiger partial charge is 0.463 e. The summed E-state index contributed by atoms with van der Waals surface area (Å²) < 4.78 is 4.88. The molecule has 2 radical (unpaired) electrons. The van der Waals surface area contributed by atoms with Gasteiger partial charge in [-0.3, -0.25) is 4.79 Å². The van der Waals surface area contributed by atoms with Crippen LogP contribution in [0.2, 0.25) is 0 Å². The van der Waals surface area contributed by atoms with Crippen molar-refractivity contribution in [2.24, 2.45) is 5.92 Å². The van der Waals surface area contributed by atoms with Gasteiger partial charge in [-0.25, -0.2) is 4.79 Å². The van der Waals surface area contributed by atoms with Gasteiger partial charge in [0.05, 0.1) is 12.6 Å². The number of carbonyl (C=O) groups is 2. The average molecular weight is 237 g/mol. The highest BCUT2D eigenvalue weighted by molar-refractivity contribution is 6.56. The molecule has 1 atom stereocenters. The van der Waals surface area contributed by atoms with Gasteiger partial charge in [-0.05, 0) is 19.8 Å². The SMILES string of the molecule is [B]C(=O)N(C)[C@H](C=C(C)C(=O)OCC)C(C)C. The maximum Gasteiger partial charge on any atom is 0.333 e. The summed E-state index contributed by atoms with van der Waals surface area (Å²) in [6, 6.07) is -0.211. The molecule has 0 bridgehead atoms. The molecule has 17 heavy (non-hydrogen) atoms. The fourth-order valence-corrected chi connectivity index (χ4v) is 1.47. The van der Waals surface area contributed by atoms with Crippen LogP contribution in [0.5, 0.6) is 0 Å². The standard InChI is InChI=1S/C12H20BNO3/c1-6-17-11(15)9(4)7-10(8(2)3)14(5)12(13)16/h7-8,10H,6H2,1-5H3/t10-/m1/s1. The maximum absolute atomic E-state index is 11.5. The van der Waals surface area contributed by atoms with Gasteiger partial charge in [-0.15, -0.1) is 0 Å². The molecule has 0 fully saturated rings. The number of likely N-dealkylation sites (N-methyl/N-ethyl adjacent to an activating group) is 1. The first-order chi connectivity index (χ1) is 7.81. The monoisotopic (exact) mass is 237 g/mol. The van der Waals surface area contributed by atoms with Gasteiger partial charge in [-0.1, -0.05) is 19.9 Å². The summed E-state index contributed by atoms with van der Waals surface area (Å²) in [4.78, 5) is 24.0. The molecule has 4 nitrogen and oxygen atoms in total. The number of carbonyl (C=O) groups excluding carboxylic acids is 2. The minimum Gasteiger partial charge on any atom is -0.463 e. The van der Waals surface area contributed by atoms with Crippen LogP contribution >= 0.6 is 0 Å². The molecule has 0 aromatic heterocycles. The van der Waals surface area contributed by atoms with E-state index in [9.17, 15) is 9.59 Å². The molecule has 0 aliphatic carbocycles. The van der Waals surface area contributed by atoms with Gasteiger partial charge >= 0.3 is 5.97 Å². The minimum atomic E-state index is -0.517. The second-order valence-corrected chi connectivity index (χ2v) is 4.25. The summed E-state index contributed by atoms with van der Waals surface area (Å²) in [5.74, 6) is -0.718. The van der Waals surface area contributed by atoms with Crippen LogP contribution in [-0.4, -0.2) is 44.2 Å².